The second kappa shape index (κ2) is 5.31. The van der Waals surface area contributed by atoms with Crippen LogP contribution in [0.4, 0.5) is 0 Å². The minimum Gasteiger partial charge on any atom is -0.504 e. The van der Waals surface area contributed by atoms with Gasteiger partial charge in [-0.2, -0.15) is 0 Å². The molecule has 0 heterocycles. The molecule has 6 nitrogen and oxygen atoms in total. The maximum atomic E-state index is 13.7. The van der Waals surface area contributed by atoms with Gasteiger partial charge in [-0.15, -0.1) is 0 Å². The molecule has 0 aromatic heterocycles. The predicted octanol–water partition coefficient (Wildman–Crippen LogP) is 2.78. The number of hydrogen-bond acceptors (Lipinski definition) is 6. The first-order valence-corrected chi connectivity index (χ1v) is 9.57. The van der Waals surface area contributed by atoms with E-state index in [0.29, 0.717) is 24.0 Å². The fraction of sp³-hybridized carbons (Fsp3) is 0.545. The number of aliphatic hydroxyl groups is 1. The summed E-state index contributed by atoms with van der Waals surface area (Å²) in [6.07, 6.45) is 3.32. The molecule has 4 rings (SSSR count). The Hall–Kier alpha value is -2.50. The van der Waals surface area contributed by atoms with Gasteiger partial charge < -0.3 is 9.84 Å². The average Bonchev–Trinajstić information content (AvgIpc) is 3.26. The van der Waals surface area contributed by atoms with Crippen LogP contribution < -0.4 is 0 Å². The summed E-state index contributed by atoms with van der Waals surface area (Å²) in [6.45, 7) is 8.31. The summed E-state index contributed by atoms with van der Waals surface area (Å²) >= 11 is 0. The predicted molar refractivity (Wildman–Crippen MR) is 99.1 cm³/mol. The average molecular weight is 384 g/mol. The molecule has 148 valence electrons. The molecule has 2 fully saturated rings. The number of rotatable bonds is 1. The summed E-state index contributed by atoms with van der Waals surface area (Å²) in [7, 11) is 0. The van der Waals surface area contributed by atoms with Crippen LogP contribution in [0.25, 0.3) is 0 Å². The molecule has 0 amide bonds. The molecule has 0 radical (unpaired) electrons. The highest BCUT2D eigenvalue weighted by Gasteiger charge is 2.74. The first kappa shape index (κ1) is 18.8. The number of allylic oxidation sites excluding steroid dienone is 5. The molecule has 4 aliphatic rings. The van der Waals surface area contributed by atoms with Gasteiger partial charge in [0, 0.05) is 12.5 Å². The standard InChI is InChI=1S/C22H24O6/c1-10-9-22(10)17(26)14-16(25)15(24)13-12(7-6-8-20(13,3)4)21(14,5)18(27)19(22)28-11(2)23/h6-7,10,19,25H,8-9H2,1-5H3/t10-,19-,21-,22+/m0/s1. The van der Waals surface area contributed by atoms with E-state index in [1.807, 2.05) is 19.9 Å². The molecule has 0 saturated heterocycles. The summed E-state index contributed by atoms with van der Waals surface area (Å²) in [5, 5.41) is 10.8. The van der Waals surface area contributed by atoms with Crippen molar-refractivity contribution < 1.29 is 29.0 Å². The summed E-state index contributed by atoms with van der Waals surface area (Å²) in [4.78, 5) is 52.0. The van der Waals surface area contributed by atoms with Gasteiger partial charge in [0.1, 0.15) is 0 Å². The van der Waals surface area contributed by atoms with Crippen LogP contribution in [0.15, 0.2) is 34.6 Å². The molecule has 6 heteroatoms. The lowest BCUT2D eigenvalue weighted by Crippen LogP contribution is -2.58. The van der Waals surface area contributed by atoms with E-state index in [1.54, 1.807) is 19.9 Å². The molecule has 28 heavy (non-hydrogen) atoms. The number of ether oxygens (including phenoxy) is 1. The van der Waals surface area contributed by atoms with Gasteiger partial charge >= 0.3 is 5.97 Å². The number of aliphatic hydroxyl groups excluding tert-OH is 1. The van der Waals surface area contributed by atoms with Crippen LogP contribution in [-0.2, 0) is 23.9 Å². The lowest BCUT2D eigenvalue weighted by atomic mass is 9.53. The Morgan fingerprint density at radius 2 is 1.79 bits per heavy atom. The van der Waals surface area contributed by atoms with Crippen molar-refractivity contribution in [3.63, 3.8) is 0 Å². The quantitative estimate of drug-likeness (QED) is 0.698. The number of carbonyl (C=O) groups excluding carboxylic acids is 4. The Bertz CT molecular complexity index is 962. The van der Waals surface area contributed by atoms with Crippen molar-refractivity contribution >= 4 is 23.3 Å². The summed E-state index contributed by atoms with van der Waals surface area (Å²) < 4.78 is 5.38. The van der Waals surface area contributed by atoms with Crippen molar-refractivity contribution in [2.24, 2.45) is 22.2 Å². The monoisotopic (exact) mass is 384 g/mol. The van der Waals surface area contributed by atoms with Crippen LogP contribution in [0.3, 0.4) is 0 Å². The van der Waals surface area contributed by atoms with E-state index in [9.17, 15) is 24.3 Å². The molecule has 0 aromatic carbocycles. The van der Waals surface area contributed by atoms with Crippen molar-refractivity contribution in [1.82, 2.24) is 0 Å². The molecule has 0 aliphatic heterocycles. The third kappa shape index (κ3) is 1.98. The van der Waals surface area contributed by atoms with Gasteiger partial charge in [-0.1, -0.05) is 32.9 Å². The Labute approximate surface area is 163 Å². The van der Waals surface area contributed by atoms with Crippen molar-refractivity contribution in [1.29, 1.82) is 0 Å². The van der Waals surface area contributed by atoms with E-state index in [2.05, 4.69) is 0 Å². The maximum Gasteiger partial charge on any atom is 0.303 e. The first-order chi connectivity index (χ1) is 12.9. The van der Waals surface area contributed by atoms with E-state index in [0.717, 1.165) is 0 Å². The third-order valence-corrected chi connectivity index (χ3v) is 7.07. The zero-order valence-corrected chi connectivity index (χ0v) is 16.7. The highest BCUT2D eigenvalue weighted by atomic mass is 16.5. The van der Waals surface area contributed by atoms with Crippen LogP contribution in [0, 0.1) is 22.2 Å². The van der Waals surface area contributed by atoms with Crippen molar-refractivity contribution in [3.05, 3.63) is 34.6 Å². The van der Waals surface area contributed by atoms with Gasteiger partial charge in [-0.25, -0.2) is 0 Å². The number of carbonyl (C=O) groups is 4. The van der Waals surface area contributed by atoms with Gasteiger partial charge in [0.2, 0.25) is 5.78 Å². The van der Waals surface area contributed by atoms with E-state index in [4.69, 9.17) is 4.74 Å². The Balaban J connectivity index is 2.01. The first-order valence-electron chi connectivity index (χ1n) is 9.57. The third-order valence-electron chi connectivity index (χ3n) is 7.07. The van der Waals surface area contributed by atoms with Crippen molar-refractivity contribution in [2.75, 3.05) is 0 Å². The number of hydrogen-bond donors (Lipinski definition) is 1. The number of fused-ring (bicyclic) bond motifs is 2. The highest BCUT2D eigenvalue weighted by molar-refractivity contribution is 6.25. The lowest BCUT2D eigenvalue weighted by molar-refractivity contribution is -0.166. The van der Waals surface area contributed by atoms with Crippen molar-refractivity contribution in [3.8, 4) is 0 Å². The van der Waals surface area contributed by atoms with Crippen LogP contribution in [0.1, 0.15) is 47.5 Å². The number of ketones is 3. The van der Waals surface area contributed by atoms with Crippen LogP contribution in [0.5, 0.6) is 0 Å². The van der Waals surface area contributed by atoms with Crippen LogP contribution in [0.2, 0.25) is 0 Å². The van der Waals surface area contributed by atoms with Gasteiger partial charge in [0.15, 0.2) is 23.4 Å². The lowest BCUT2D eigenvalue weighted by Gasteiger charge is -2.48. The zero-order chi connectivity index (χ0) is 20.8. The largest absolute Gasteiger partial charge is 0.504 e. The molecule has 1 N–H and O–H groups in total. The van der Waals surface area contributed by atoms with Crippen molar-refractivity contribution in [2.45, 2.75) is 53.6 Å². The Kier molecular flexibility index (Phi) is 3.57. The SMILES string of the molecule is CC(=O)O[C@H]1C(=O)[C@@]2(C)C3=C(C(=O)C(O)=C2C(=O)[C@]12C[C@@H]2C)C(C)(C)CC=C3. The topological polar surface area (TPSA) is 97.7 Å². The fourth-order valence-corrected chi connectivity index (χ4v) is 5.36. The van der Waals surface area contributed by atoms with E-state index in [1.165, 1.54) is 6.92 Å². The second-order valence-corrected chi connectivity index (χ2v) is 9.29. The number of esters is 1. The molecular formula is C22H24O6. The zero-order valence-electron chi connectivity index (χ0n) is 16.7. The molecule has 0 bridgehead atoms. The van der Waals surface area contributed by atoms with Gasteiger partial charge in [-0.3, -0.25) is 19.2 Å². The highest BCUT2D eigenvalue weighted by Crippen LogP contribution is 2.66. The normalized spacial score (nSPS) is 38.5. The molecule has 0 unspecified atom stereocenters. The summed E-state index contributed by atoms with van der Waals surface area (Å²) in [6, 6.07) is 0. The molecular weight excluding hydrogens is 360 g/mol. The minimum atomic E-state index is -1.52. The maximum absolute atomic E-state index is 13.7. The van der Waals surface area contributed by atoms with Gasteiger partial charge in [0.25, 0.3) is 0 Å². The minimum absolute atomic E-state index is 0.142. The van der Waals surface area contributed by atoms with E-state index >= 15 is 0 Å². The Morgan fingerprint density at radius 1 is 1.18 bits per heavy atom. The summed E-state index contributed by atoms with van der Waals surface area (Å²) in [5.74, 6) is -2.94. The Morgan fingerprint density at radius 3 is 2.32 bits per heavy atom. The molecule has 0 aromatic rings. The number of Topliss-reactive ketones (excluding diaryl/α,β-unsaturated/α-hetero) is 3. The van der Waals surface area contributed by atoms with Gasteiger partial charge in [-0.05, 0) is 36.7 Å². The summed E-state index contributed by atoms with van der Waals surface area (Å²) in [5.41, 5.74) is -2.66. The van der Waals surface area contributed by atoms with Crippen LogP contribution >= 0.6 is 0 Å². The van der Waals surface area contributed by atoms with Gasteiger partial charge in [0.05, 0.1) is 16.4 Å². The fourth-order valence-electron chi connectivity index (χ4n) is 5.36. The molecule has 2 saturated carbocycles. The van der Waals surface area contributed by atoms with Crippen LogP contribution in [-0.4, -0.2) is 34.5 Å². The molecule has 1 spiro atoms. The molecule has 4 atom stereocenters. The van der Waals surface area contributed by atoms with E-state index in [-0.39, 0.29) is 11.5 Å². The van der Waals surface area contributed by atoms with E-state index < -0.39 is 51.4 Å². The smallest absolute Gasteiger partial charge is 0.303 e. The molecule has 4 aliphatic carbocycles. The second-order valence-electron chi connectivity index (χ2n) is 9.29.